The highest BCUT2D eigenvalue weighted by Crippen LogP contribution is 2.21. The van der Waals surface area contributed by atoms with E-state index in [1.807, 2.05) is 49.4 Å². The van der Waals surface area contributed by atoms with Crippen molar-refractivity contribution < 1.29 is 4.42 Å². The van der Waals surface area contributed by atoms with Crippen LogP contribution in [-0.2, 0) is 12.8 Å². The van der Waals surface area contributed by atoms with Crippen molar-refractivity contribution in [2.45, 2.75) is 19.8 Å². The Morgan fingerprint density at radius 2 is 1.90 bits per heavy atom. The molecule has 2 aromatic heterocycles. The first-order valence-electron chi connectivity index (χ1n) is 6.67. The number of nitrogens with zero attached hydrogens (tertiary/aromatic N) is 2. The summed E-state index contributed by atoms with van der Waals surface area (Å²) in [5.74, 6) is 1.67. The lowest BCUT2D eigenvalue weighted by molar-refractivity contribution is 0.507. The molecule has 102 valence electrons. The number of hydrogen-bond acceptors (Lipinski definition) is 3. The van der Waals surface area contributed by atoms with Crippen LogP contribution in [-0.4, -0.2) is 9.78 Å². The van der Waals surface area contributed by atoms with E-state index in [2.05, 4.69) is 5.10 Å². The van der Waals surface area contributed by atoms with Gasteiger partial charge in [-0.15, -0.1) is 0 Å². The van der Waals surface area contributed by atoms with Gasteiger partial charge < -0.3 is 10.2 Å². The fourth-order valence-electron chi connectivity index (χ4n) is 2.26. The Balaban J connectivity index is 1.86. The average molecular weight is 267 g/mol. The van der Waals surface area contributed by atoms with Gasteiger partial charge in [0.15, 0.2) is 0 Å². The van der Waals surface area contributed by atoms with Crippen LogP contribution in [0.2, 0.25) is 0 Å². The first-order chi connectivity index (χ1) is 9.75. The summed E-state index contributed by atoms with van der Waals surface area (Å²) in [6, 6.07) is 13.8. The van der Waals surface area contributed by atoms with Gasteiger partial charge >= 0.3 is 0 Å². The van der Waals surface area contributed by atoms with E-state index in [1.165, 1.54) is 0 Å². The number of nitrogens with two attached hydrogens (primary N) is 1. The first kappa shape index (κ1) is 12.5. The molecule has 0 radical (unpaired) electrons. The maximum atomic E-state index is 6.16. The van der Waals surface area contributed by atoms with Crippen LogP contribution in [0.3, 0.4) is 0 Å². The summed E-state index contributed by atoms with van der Waals surface area (Å²) in [7, 11) is 0. The third-order valence-electron chi connectivity index (χ3n) is 3.46. The number of aromatic nitrogens is 2. The van der Waals surface area contributed by atoms with Crippen molar-refractivity contribution >= 4 is 5.82 Å². The molecular weight excluding hydrogens is 250 g/mol. The molecule has 0 bridgehead atoms. The van der Waals surface area contributed by atoms with Gasteiger partial charge in [-0.3, -0.25) is 0 Å². The molecule has 0 unspecified atom stereocenters. The lowest BCUT2D eigenvalue weighted by Gasteiger charge is -2.02. The highest BCUT2D eigenvalue weighted by Gasteiger charge is 2.13. The lowest BCUT2D eigenvalue weighted by Crippen LogP contribution is -2.02. The van der Waals surface area contributed by atoms with E-state index in [-0.39, 0.29) is 0 Å². The van der Waals surface area contributed by atoms with Crippen molar-refractivity contribution in [2.24, 2.45) is 0 Å². The molecule has 3 rings (SSSR count). The van der Waals surface area contributed by atoms with Gasteiger partial charge in [0.05, 0.1) is 17.6 Å². The van der Waals surface area contributed by atoms with Crippen LogP contribution in [0.4, 0.5) is 5.82 Å². The zero-order chi connectivity index (χ0) is 13.9. The maximum absolute atomic E-state index is 6.16. The summed E-state index contributed by atoms with van der Waals surface area (Å²) >= 11 is 0. The van der Waals surface area contributed by atoms with Crippen molar-refractivity contribution in [1.82, 2.24) is 9.78 Å². The zero-order valence-corrected chi connectivity index (χ0v) is 11.4. The lowest BCUT2D eigenvalue weighted by atomic mass is 10.1. The molecule has 4 heteroatoms. The highest BCUT2D eigenvalue weighted by atomic mass is 16.3. The van der Waals surface area contributed by atoms with Crippen LogP contribution in [0.15, 0.2) is 53.1 Å². The molecule has 20 heavy (non-hydrogen) atoms. The molecule has 4 nitrogen and oxygen atoms in total. The van der Waals surface area contributed by atoms with Crippen molar-refractivity contribution in [3.05, 3.63) is 65.7 Å². The summed E-state index contributed by atoms with van der Waals surface area (Å²) in [5.41, 5.74) is 9.20. The van der Waals surface area contributed by atoms with Crippen LogP contribution in [0, 0.1) is 6.92 Å². The minimum Gasteiger partial charge on any atom is -0.469 e. The number of benzene rings is 1. The first-order valence-corrected chi connectivity index (χ1v) is 6.67. The van der Waals surface area contributed by atoms with Gasteiger partial charge in [0.25, 0.3) is 0 Å². The zero-order valence-electron chi connectivity index (χ0n) is 11.4. The molecule has 2 N–H and O–H groups in total. The Kier molecular flexibility index (Phi) is 3.29. The number of rotatable bonds is 4. The molecule has 0 aliphatic rings. The second-order valence-electron chi connectivity index (χ2n) is 4.78. The Hall–Kier alpha value is -2.49. The normalized spacial score (nSPS) is 10.8. The molecule has 2 heterocycles. The van der Waals surface area contributed by atoms with Crippen molar-refractivity contribution in [2.75, 3.05) is 5.73 Å². The second kappa shape index (κ2) is 5.25. The number of furan rings is 1. The molecule has 0 atom stereocenters. The fourth-order valence-corrected chi connectivity index (χ4v) is 2.26. The quantitative estimate of drug-likeness (QED) is 0.790. The fraction of sp³-hybridized carbons (Fsp3) is 0.188. The molecule has 1 aromatic carbocycles. The molecule has 0 fully saturated rings. The van der Waals surface area contributed by atoms with Gasteiger partial charge in [0.1, 0.15) is 11.6 Å². The molecule has 0 aliphatic heterocycles. The van der Waals surface area contributed by atoms with Crippen molar-refractivity contribution in [3.8, 4) is 5.69 Å². The van der Waals surface area contributed by atoms with Crippen LogP contribution in [0.1, 0.15) is 17.0 Å². The van der Waals surface area contributed by atoms with E-state index in [0.717, 1.165) is 35.5 Å². The van der Waals surface area contributed by atoms with Gasteiger partial charge in [-0.1, -0.05) is 18.2 Å². The van der Waals surface area contributed by atoms with Gasteiger partial charge in [-0.2, -0.15) is 5.10 Å². The van der Waals surface area contributed by atoms with E-state index in [1.54, 1.807) is 10.9 Å². The van der Waals surface area contributed by atoms with Gasteiger partial charge in [0.2, 0.25) is 0 Å². The Labute approximate surface area is 117 Å². The van der Waals surface area contributed by atoms with Gasteiger partial charge in [0, 0.05) is 12.0 Å². The number of nitrogen functional groups attached to an aromatic ring is 1. The van der Waals surface area contributed by atoms with Crippen molar-refractivity contribution in [1.29, 1.82) is 0 Å². The average Bonchev–Trinajstić information content (AvgIpc) is 3.09. The van der Waals surface area contributed by atoms with E-state index in [9.17, 15) is 0 Å². The Morgan fingerprint density at radius 3 is 2.60 bits per heavy atom. The Morgan fingerprint density at radius 1 is 1.10 bits per heavy atom. The predicted molar refractivity (Wildman–Crippen MR) is 78.8 cm³/mol. The van der Waals surface area contributed by atoms with Crippen LogP contribution < -0.4 is 5.73 Å². The number of anilines is 1. The molecule has 0 saturated carbocycles. The summed E-state index contributed by atoms with van der Waals surface area (Å²) in [6.07, 6.45) is 3.35. The minimum atomic E-state index is 0.700. The third-order valence-corrected chi connectivity index (χ3v) is 3.46. The number of hydrogen-bond donors (Lipinski definition) is 1. The smallest absolute Gasteiger partial charge is 0.130 e. The van der Waals surface area contributed by atoms with E-state index >= 15 is 0 Å². The summed E-state index contributed by atoms with van der Waals surface area (Å²) in [6.45, 7) is 2.01. The molecule has 0 saturated heterocycles. The minimum absolute atomic E-state index is 0.700. The molecule has 0 aliphatic carbocycles. The SMILES string of the molecule is Cc1c(CCc2ccco2)nn(-c2ccccc2)c1N. The monoisotopic (exact) mass is 267 g/mol. The van der Waals surface area contributed by atoms with Gasteiger partial charge in [-0.05, 0) is 37.6 Å². The van der Waals surface area contributed by atoms with Crippen LogP contribution in [0.25, 0.3) is 5.69 Å². The summed E-state index contributed by atoms with van der Waals surface area (Å²) in [4.78, 5) is 0. The van der Waals surface area contributed by atoms with E-state index in [4.69, 9.17) is 10.2 Å². The highest BCUT2D eigenvalue weighted by molar-refractivity contribution is 5.49. The molecular formula is C16H17N3O. The van der Waals surface area contributed by atoms with Gasteiger partial charge in [-0.25, -0.2) is 4.68 Å². The number of aryl methyl sites for hydroxylation is 2. The molecule has 3 aromatic rings. The maximum Gasteiger partial charge on any atom is 0.130 e. The van der Waals surface area contributed by atoms with E-state index in [0.29, 0.717) is 5.82 Å². The largest absolute Gasteiger partial charge is 0.469 e. The predicted octanol–water partition coefficient (Wildman–Crippen LogP) is 3.14. The topological polar surface area (TPSA) is 57.0 Å². The Bertz CT molecular complexity index is 684. The number of para-hydroxylation sites is 1. The second-order valence-corrected chi connectivity index (χ2v) is 4.78. The molecule has 0 amide bonds. The molecule has 0 spiro atoms. The standard InChI is InChI=1S/C16H17N3O/c1-12-15(10-9-14-8-5-11-20-14)18-19(16(12)17)13-6-3-2-4-7-13/h2-8,11H,9-10,17H2,1H3. The van der Waals surface area contributed by atoms with Crippen LogP contribution in [0.5, 0.6) is 0 Å². The summed E-state index contributed by atoms with van der Waals surface area (Å²) in [5, 5.41) is 4.63. The summed E-state index contributed by atoms with van der Waals surface area (Å²) < 4.78 is 7.15. The van der Waals surface area contributed by atoms with Crippen LogP contribution >= 0.6 is 0 Å². The van der Waals surface area contributed by atoms with Crippen molar-refractivity contribution in [3.63, 3.8) is 0 Å². The third kappa shape index (κ3) is 2.32. The van der Waals surface area contributed by atoms with E-state index < -0.39 is 0 Å².